The van der Waals surface area contributed by atoms with Crippen LogP contribution in [0.4, 0.5) is 0 Å². The Bertz CT molecular complexity index is 278. The van der Waals surface area contributed by atoms with Crippen LogP contribution in [0.25, 0.3) is 6.08 Å². The first-order chi connectivity index (χ1) is 6.93. The van der Waals surface area contributed by atoms with Gasteiger partial charge >= 0.3 is 0 Å². The zero-order valence-electron chi connectivity index (χ0n) is 8.06. The van der Waals surface area contributed by atoms with E-state index in [4.69, 9.17) is 0 Å². The quantitative estimate of drug-likeness (QED) is 0.509. The molecule has 1 aromatic rings. The van der Waals surface area contributed by atoms with E-state index in [1.807, 2.05) is 18.2 Å². The molecule has 0 heterocycles. The second kappa shape index (κ2) is 6.89. The van der Waals surface area contributed by atoms with Crippen LogP contribution in [0.1, 0.15) is 18.4 Å². The summed E-state index contributed by atoms with van der Waals surface area (Å²) in [4.78, 5) is 9.82. The van der Waals surface area contributed by atoms with Crippen LogP contribution >= 0.6 is 0 Å². The Hall–Kier alpha value is -1.57. The SMILES string of the molecule is O=COCCCC=Cc1ccccc1. The molecule has 74 valence electrons. The van der Waals surface area contributed by atoms with Gasteiger partial charge in [-0.05, 0) is 18.4 Å². The Morgan fingerprint density at radius 2 is 2.00 bits per heavy atom. The van der Waals surface area contributed by atoms with Crippen LogP contribution in [0.2, 0.25) is 0 Å². The van der Waals surface area contributed by atoms with Gasteiger partial charge < -0.3 is 4.74 Å². The molecule has 2 heteroatoms. The van der Waals surface area contributed by atoms with E-state index in [0.717, 1.165) is 12.8 Å². The van der Waals surface area contributed by atoms with Crippen LogP contribution < -0.4 is 0 Å². The first kappa shape index (κ1) is 10.5. The number of allylic oxidation sites excluding steroid dienone is 1. The Morgan fingerprint density at radius 3 is 2.71 bits per heavy atom. The molecule has 0 bridgehead atoms. The van der Waals surface area contributed by atoms with Crippen molar-refractivity contribution in [3.63, 3.8) is 0 Å². The number of unbranched alkanes of at least 4 members (excludes halogenated alkanes) is 1. The van der Waals surface area contributed by atoms with Gasteiger partial charge in [0.1, 0.15) is 0 Å². The van der Waals surface area contributed by atoms with Crippen LogP contribution in [0.3, 0.4) is 0 Å². The van der Waals surface area contributed by atoms with Crippen molar-refractivity contribution in [3.8, 4) is 0 Å². The van der Waals surface area contributed by atoms with E-state index in [1.54, 1.807) is 0 Å². The third kappa shape index (κ3) is 4.45. The van der Waals surface area contributed by atoms with E-state index in [1.165, 1.54) is 5.56 Å². The largest absolute Gasteiger partial charge is 0.468 e. The lowest BCUT2D eigenvalue weighted by atomic mass is 10.2. The number of carbonyl (C=O) groups is 1. The van der Waals surface area contributed by atoms with Gasteiger partial charge in [0, 0.05) is 0 Å². The maximum Gasteiger partial charge on any atom is 0.293 e. The highest BCUT2D eigenvalue weighted by molar-refractivity contribution is 5.48. The topological polar surface area (TPSA) is 26.3 Å². The highest BCUT2D eigenvalue weighted by Crippen LogP contribution is 2.02. The molecule has 0 unspecified atom stereocenters. The molecule has 0 radical (unpaired) electrons. The number of rotatable bonds is 6. The Balaban J connectivity index is 2.18. The monoisotopic (exact) mass is 190 g/mol. The van der Waals surface area contributed by atoms with Gasteiger partial charge in [0.25, 0.3) is 6.47 Å². The van der Waals surface area contributed by atoms with Gasteiger partial charge in [-0.2, -0.15) is 0 Å². The molecule has 0 amide bonds. The minimum atomic E-state index is 0.487. The van der Waals surface area contributed by atoms with E-state index in [0.29, 0.717) is 13.1 Å². The van der Waals surface area contributed by atoms with Crippen molar-refractivity contribution >= 4 is 12.5 Å². The predicted octanol–water partition coefficient (Wildman–Crippen LogP) is 2.65. The van der Waals surface area contributed by atoms with Crippen LogP contribution in [-0.2, 0) is 9.53 Å². The molecule has 0 saturated carbocycles. The molecule has 14 heavy (non-hydrogen) atoms. The summed E-state index contributed by atoms with van der Waals surface area (Å²) in [7, 11) is 0. The molecule has 0 atom stereocenters. The summed E-state index contributed by atoms with van der Waals surface area (Å²) in [6.45, 7) is 0.990. The van der Waals surface area contributed by atoms with Crippen molar-refractivity contribution < 1.29 is 9.53 Å². The average Bonchev–Trinajstić information content (AvgIpc) is 2.25. The second-order valence-electron chi connectivity index (χ2n) is 2.92. The lowest BCUT2D eigenvalue weighted by Gasteiger charge is -1.94. The predicted molar refractivity (Wildman–Crippen MR) is 56.7 cm³/mol. The molecule has 0 aliphatic heterocycles. The van der Waals surface area contributed by atoms with E-state index in [2.05, 4.69) is 29.0 Å². The van der Waals surface area contributed by atoms with Crippen molar-refractivity contribution in [1.29, 1.82) is 0 Å². The zero-order valence-corrected chi connectivity index (χ0v) is 8.06. The van der Waals surface area contributed by atoms with Crippen LogP contribution in [-0.4, -0.2) is 13.1 Å². The van der Waals surface area contributed by atoms with Crippen molar-refractivity contribution in [1.82, 2.24) is 0 Å². The van der Waals surface area contributed by atoms with E-state index < -0.39 is 0 Å². The summed E-state index contributed by atoms with van der Waals surface area (Å²) in [6, 6.07) is 10.1. The third-order valence-electron chi connectivity index (χ3n) is 1.81. The highest BCUT2D eigenvalue weighted by Gasteiger charge is 1.85. The molecule has 0 spiro atoms. The van der Waals surface area contributed by atoms with Crippen molar-refractivity contribution in [3.05, 3.63) is 42.0 Å². The van der Waals surface area contributed by atoms with Crippen LogP contribution in [0.5, 0.6) is 0 Å². The molecular weight excluding hydrogens is 176 g/mol. The molecule has 0 fully saturated rings. The molecule has 1 aromatic carbocycles. The fourth-order valence-corrected chi connectivity index (χ4v) is 1.12. The minimum Gasteiger partial charge on any atom is -0.468 e. The maximum atomic E-state index is 9.82. The smallest absolute Gasteiger partial charge is 0.293 e. The standard InChI is InChI=1S/C12H14O2/c13-11-14-10-6-2-5-9-12-7-3-1-4-8-12/h1,3-5,7-9,11H,2,6,10H2. The van der Waals surface area contributed by atoms with Crippen molar-refractivity contribution in [2.45, 2.75) is 12.8 Å². The fourth-order valence-electron chi connectivity index (χ4n) is 1.12. The summed E-state index contributed by atoms with van der Waals surface area (Å²) < 4.78 is 4.57. The Morgan fingerprint density at radius 1 is 1.21 bits per heavy atom. The van der Waals surface area contributed by atoms with Gasteiger partial charge in [-0.15, -0.1) is 0 Å². The highest BCUT2D eigenvalue weighted by atomic mass is 16.5. The lowest BCUT2D eigenvalue weighted by Crippen LogP contribution is -1.89. The number of hydrogen-bond acceptors (Lipinski definition) is 2. The molecule has 0 aliphatic rings. The molecule has 1 rings (SSSR count). The number of ether oxygens (including phenoxy) is 1. The average molecular weight is 190 g/mol. The van der Waals surface area contributed by atoms with Gasteiger partial charge in [-0.25, -0.2) is 0 Å². The van der Waals surface area contributed by atoms with Gasteiger partial charge in [0.2, 0.25) is 0 Å². The molecule has 2 nitrogen and oxygen atoms in total. The Kier molecular flexibility index (Phi) is 5.18. The van der Waals surface area contributed by atoms with E-state index in [-0.39, 0.29) is 0 Å². The van der Waals surface area contributed by atoms with Gasteiger partial charge in [-0.3, -0.25) is 4.79 Å². The van der Waals surface area contributed by atoms with E-state index in [9.17, 15) is 4.79 Å². The summed E-state index contributed by atoms with van der Waals surface area (Å²) in [5, 5.41) is 0. The zero-order chi connectivity index (χ0) is 10.1. The fraction of sp³-hybridized carbons (Fsp3) is 0.250. The van der Waals surface area contributed by atoms with Crippen molar-refractivity contribution in [2.24, 2.45) is 0 Å². The molecule has 0 saturated heterocycles. The first-order valence-electron chi connectivity index (χ1n) is 4.70. The van der Waals surface area contributed by atoms with Gasteiger partial charge in [0.15, 0.2) is 0 Å². The van der Waals surface area contributed by atoms with E-state index >= 15 is 0 Å². The minimum absolute atomic E-state index is 0.487. The van der Waals surface area contributed by atoms with Gasteiger partial charge in [0.05, 0.1) is 6.61 Å². The molecule has 0 N–H and O–H groups in total. The number of carbonyl (C=O) groups excluding carboxylic acids is 1. The van der Waals surface area contributed by atoms with Gasteiger partial charge in [-0.1, -0.05) is 42.5 Å². The summed E-state index contributed by atoms with van der Waals surface area (Å²) in [5.74, 6) is 0. The second-order valence-corrected chi connectivity index (χ2v) is 2.92. The third-order valence-corrected chi connectivity index (χ3v) is 1.81. The molecule has 0 aromatic heterocycles. The number of benzene rings is 1. The summed E-state index contributed by atoms with van der Waals surface area (Å²) >= 11 is 0. The molecular formula is C12H14O2. The normalized spacial score (nSPS) is 10.3. The van der Waals surface area contributed by atoms with Crippen LogP contribution in [0.15, 0.2) is 36.4 Å². The molecule has 0 aliphatic carbocycles. The van der Waals surface area contributed by atoms with Crippen LogP contribution in [0, 0.1) is 0 Å². The maximum absolute atomic E-state index is 9.82. The first-order valence-corrected chi connectivity index (χ1v) is 4.70. The Labute approximate surface area is 84.2 Å². The lowest BCUT2D eigenvalue weighted by molar-refractivity contribution is -0.128. The summed E-state index contributed by atoms with van der Waals surface area (Å²) in [5.41, 5.74) is 1.20. The van der Waals surface area contributed by atoms with Crippen molar-refractivity contribution in [2.75, 3.05) is 6.61 Å². The number of hydrogen-bond donors (Lipinski definition) is 0. The summed E-state index contributed by atoms with van der Waals surface area (Å²) in [6.07, 6.45) is 5.97.